The molecule has 1 heterocycles. The second kappa shape index (κ2) is 7.49. The maximum atomic E-state index is 11.5. The van der Waals surface area contributed by atoms with Crippen LogP contribution in [0.2, 0.25) is 5.02 Å². The van der Waals surface area contributed by atoms with Crippen LogP contribution in [0.3, 0.4) is 0 Å². The van der Waals surface area contributed by atoms with Crippen LogP contribution >= 0.6 is 11.6 Å². The summed E-state index contributed by atoms with van der Waals surface area (Å²) in [5.41, 5.74) is 2.20. The van der Waals surface area contributed by atoms with Gasteiger partial charge < -0.3 is 15.4 Å². The number of ether oxygens (including phenoxy) is 1. The molecule has 1 amide bonds. The smallest absolute Gasteiger partial charge is 0.237 e. The van der Waals surface area contributed by atoms with Crippen molar-refractivity contribution in [1.29, 1.82) is 0 Å². The van der Waals surface area contributed by atoms with Gasteiger partial charge in [-0.2, -0.15) is 0 Å². The SMILES string of the molecule is O=C1NCCC1NCc1ccc(OCc2ccc(Cl)cc2)cc1. The molecule has 0 radical (unpaired) electrons. The summed E-state index contributed by atoms with van der Waals surface area (Å²) in [7, 11) is 0. The van der Waals surface area contributed by atoms with Gasteiger partial charge in [0.05, 0.1) is 6.04 Å². The minimum absolute atomic E-state index is 0.0733. The number of carbonyl (C=O) groups excluding carboxylic acids is 1. The highest BCUT2D eigenvalue weighted by atomic mass is 35.5. The molecule has 23 heavy (non-hydrogen) atoms. The Morgan fingerprint density at radius 2 is 1.78 bits per heavy atom. The molecule has 5 heteroatoms. The summed E-state index contributed by atoms with van der Waals surface area (Å²) in [5.74, 6) is 0.912. The summed E-state index contributed by atoms with van der Waals surface area (Å²) in [4.78, 5) is 11.5. The standard InChI is InChI=1S/C18H19ClN2O2/c19-15-5-1-14(2-6-15)12-23-16-7-3-13(4-8-16)11-21-17-9-10-20-18(17)22/h1-8,17,21H,9-12H2,(H,20,22). The molecule has 3 rings (SSSR count). The highest BCUT2D eigenvalue weighted by molar-refractivity contribution is 6.30. The fourth-order valence-corrected chi connectivity index (χ4v) is 2.61. The first-order valence-electron chi connectivity index (χ1n) is 7.68. The van der Waals surface area contributed by atoms with Crippen LogP contribution in [0.15, 0.2) is 48.5 Å². The van der Waals surface area contributed by atoms with Crippen LogP contribution in [-0.4, -0.2) is 18.5 Å². The molecule has 1 atom stereocenters. The summed E-state index contributed by atoms with van der Waals surface area (Å²) in [6, 6.07) is 15.5. The van der Waals surface area contributed by atoms with Gasteiger partial charge in [0.1, 0.15) is 12.4 Å². The molecule has 0 aliphatic carbocycles. The molecule has 1 saturated heterocycles. The first kappa shape index (κ1) is 15.8. The maximum absolute atomic E-state index is 11.5. The molecule has 0 spiro atoms. The van der Waals surface area contributed by atoms with E-state index in [9.17, 15) is 4.79 Å². The van der Waals surface area contributed by atoms with Gasteiger partial charge in [-0.15, -0.1) is 0 Å². The Labute approximate surface area is 140 Å². The predicted octanol–water partition coefficient (Wildman–Crippen LogP) is 2.90. The molecule has 4 nitrogen and oxygen atoms in total. The van der Waals surface area contributed by atoms with E-state index in [1.807, 2.05) is 48.5 Å². The Kier molecular flexibility index (Phi) is 5.16. The van der Waals surface area contributed by atoms with Gasteiger partial charge in [-0.3, -0.25) is 4.79 Å². The summed E-state index contributed by atoms with van der Waals surface area (Å²) in [6.45, 7) is 1.94. The van der Waals surface area contributed by atoms with Crippen LogP contribution in [0.1, 0.15) is 17.5 Å². The zero-order chi connectivity index (χ0) is 16.1. The van der Waals surface area contributed by atoms with Gasteiger partial charge >= 0.3 is 0 Å². The van der Waals surface area contributed by atoms with Crippen molar-refractivity contribution in [3.63, 3.8) is 0 Å². The van der Waals surface area contributed by atoms with Crippen molar-refractivity contribution >= 4 is 17.5 Å². The Balaban J connectivity index is 1.48. The van der Waals surface area contributed by atoms with E-state index in [0.29, 0.717) is 13.2 Å². The number of amides is 1. The average Bonchev–Trinajstić information content (AvgIpc) is 2.98. The van der Waals surface area contributed by atoms with Crippen molar-refractivity contribution in [2.45, 2.75) is 25.6 Å². The van der Waals surface area contributed by atoms with E-state index < -0.39 is 0 Å². The van der Waals surface area contributed by atoms with Gasteiger partial charge in [-0.25, -0.2) is 0 Å². The molecule has 1 aliphatic heterocycles. The zero-order valence-corrected chi connectivity index (χ0v) is 13.5. The van der Waals surface area contributed by atoms with Crippen molar-refractivity contribution in [2.75, 3.05) is 6.54 Å². The van der Waals surface area contributed by atoms with E-state index in [1.54, 1.807) is 0 Å². The lowest BCUT2D eigenvalue weighted by molar-refractivity contribution is -0.120. The Morgan fingerprint density at radius 1 is 1.09 bits per heavy atom. The number of hydrogen-bond donors (Lipinski definition) is 2. The highest BCUT2D eigenvalue weighted by Gasteiger charge is 2.22. The molecule has 1 fully saturated rings. The van der Waals surface area contributed by atoms with Gasteiger partial charge in [0, 0.05) is 18.1 Å². The highest BCUT2D eigenvalue weighted by Crippen LogP contribution is 2.16. The van der Waals surface area contributed by atoms with E-state index in [-0.39, 0.29) is 11.9 Å². The Morgan fingerprint density at radius 3 is 2.43 bits per heavy atom. The van der Waals surface area contributed by atoms with Gasteiger partial charge in [0.25, 0.3) is 0 Å². The zero-order valence-electron chi connectivity index (χ0n) is 12.7. The van der Waals surface area contributed by atoms with Crippen LogP contribution in [0.25, 0.3) is 0 Å². The van der Waals surface area contributed by atoms with Crippen molar-refractivity contribution < 1.29 is 9.53 Å². The summed E-state index contributed by atoms with van der Waals surface area (Å²) < 4.78 is 5.75. The summed E-state index contributed by atoms with van der Waals surface area (Å²) in [5, 5.41) is 6.81. The van der Waals surface area contributed by atoms with Crippen LogP contribution in [-0.2, 0) is 17.9 Å². The van der Waals surface area contributed by atoms with Crippen LogP contribution in [0.5, 0.6) is 5.75 Å². The minimum Gasteiger partial charge on any atom is -0.489 e. The van der Waals surface area contributed by atoms with Gasteiger partial charge in [0.15, 0.2) is 0 Å². The first-order valence-corrected chi connectivity index (χ1v) is 8.06. The molecular weight excluding hydrogens is 312 g/mol. The minimum atomic E-state index is -0.0733. The third-order valence-electron chi connectivity index (χ3n) is 3.84. The van der Waals surface area contributed by atoms with Crippen molar-refractivity contribution in [2.24, 2.45) is 0 Å². The van der Waals surface area contributed by atoms with E-state index in [2.05, 4.69) is 10.6 Å². The van der Waals surface area contributed by atoms with Crippen LogP contribution in [0, 0.1) is 0 Å². The molecular formula is C18H19ClN2O2. The van der Waals surface area contributed by atoms with Crippen molar-refractivity contribution in [1.82, 2.24) is 10.6 Å². The lowest BCUT2D eigenvalue weighted by atomic mass is 10.2. The topological polar surface area (TPSA) is 50.4 Å². The molecule has 0 aromatic heterocycles. The van der Waals surface area contributed by atoms with Crippen LogP contribution in [0.4, 0.5) is 0 Å². The van der Waals surface area contributed by atoms with E-state index in [0.717, 1.165) is 34.9 Å². The third kappa shape index (κ3) is 4.47. The monoisotopic (exact) mass is 330 g/mol. The largest absolute Gasteiger partial charge is 0.489 e. The van der Waals surface area contributed by atoms with E-state index in [1.165, 1.54) is 0 Å². The molecule has 1 unspecified atom stereocenters. The molecule has 2 aromatic rings. The van der Waals surface area contributed by atoms with Crippen molar-refractivity contribution in [3.05, 3.63) is 64.7 Å². The molecule has 2 N–H and O–H groups in total. The number of nitrogens with one attached hydrogen (secondary N) is 2. The second-order valence-corrected chi connectivity index (χ2v) is 6.01. The molecule has 0 saturated carbocycles. The number of rotatable bonds is 6. The van der Waals surface area contributed by atoms with E-state index >= 15 is 0 Å². The fraction of sp³-hybridized carbons (Fsp3) is 0.278. The van der Waals surface area contributed by atoms with Crippen molar-refractivity contribution in [3.8, 4) is 5.75 Å². The number of benzene rings is 2. The average molecular weight is 331 g/mol. The molecule has 0 bridgehead atoms. The fourth-order valence-electron chi connectivity index (χ4n) is 2.48. The Bertz CT molecular complexity index is 656. The predicted molar refractivity (Wildman–Crippen MR) is 90.5 cm³/mol. The lowest BCUT2D eigenvalue weighted by Gasteiger charge is -2.11. The van der Waals surface area contributed by atoms with Gasteiger partial charge in [-0.1, -0.05) is 35.9 Å². The first-order chi connectivity index (χ1) is 11.2. The number of halogens is 1. The number of hydrogen-bond acceptors (Lipinski definition) is 3. The maximum Gasteiger partial charge on any atom is 0.237 e. The molecule has 120 valence electrons. The summed E-state index contributed by atoms with van der Waals surface area (Å²) in [6.07, 6.45) is 0.848. The third-order valence-corrected chi connectivity index (χ3v) is 4.10. The normalized spacial score (nSPS) is 17.1. The van der Waals surface area contributed by atoms with Gasteiger partial charge in [-0.05, 0) is 41.8 Å². The summed E-state index contributed by atoms with van der Waals surface area (Å²) >= 11 is 5.86. The quantitative estimate of drug-likeness (QED) is 0.856. The van der Waals surface area contributed by atoms with Crippen LogP contribution < -0.4 is 15.4 Å². The molecule has 2 aromatic carbocycles. The molecule has 1 aliphatic rings. The van der Waals surface area contributed by atoms with E-state index in [4.69, 9.17) is 16.3 Å². The second-order valence-electron chi connectivity index (χ2n) is 5.57. The van der Waals surface area contributed by atoms with Gasteiger partial charge in [0.2, 0.25) is 5.91 Å². The Hall–Kier alpha value is -2.04. The number of carbonyl (C=O) groups is 1. The lowest BCUT2D eigenvalue weighted by Crippen LogP contribution is -2.35.